The Bertz CT molecular complexity index is 1300. The summed E-state index contributed by atoms with van der Waals surface area (Å²) in [5, 5.41) is 7.22. The Kier molecular flexibility index (Phi) is 5.53. The van der Waals surface area contributed by atoms with E-state index in [1.807, 2.05) is 35.8 Å². The van der Waals surface area contributed by atoms with Crippen molar-refractivity contribution in [3.05, 3.63) is 88.3 Å². The Morgan fingerprint density at radius 1 is 1.23 bits per heavy atom. The van der Waals surface area contributed by atoms with Gasteiger partial charge in [-0.15, -0.1) is 11.7 Å². The summed E-state index contributed by atoms with van der Waals surface area (Å²) in [6.45, 7) is 8.30. The van der Waals surface area contributed by atoms with Crippen LogP contribution in [-0.4, -0.2) is 25.1 Å². The zero-order chi connectivity index (χ0) is 22.0. The van der Waals surface area contributed by atoms with Crippen molar-refractivity contribution in [2.45, 2.75) is 33.4 Å². The molecule has 0 aliphatic rings. The van der Waals surface area contributed by atoms with Gasteiger partial charge in [-0.3, -0.25) is 9.59 Å². The summed E-state index contributed by atoms with van der Waals surface area (Å²) >= 11 is 0. The molecule has 0 radical (unpaired) electrons. The van der Waals surface area contributed by atoms with Crippen LogP contribution in [0.2, 0.25) is 0 Å². The van der Waals surface area contributed by atoms with E-state index in [4.69, 9.17) is 4.42 Å². The van der Waals surface area contributed by atoms with Crippen LogP contribution in [0, 0.1) is 13.8 Å². The molecule has 3 aromatic heterocycles. The number of carbonyl (C=O) groups is 1. The number of amides is 1. The zero-order valence-corrected chi connectivity index (χ0v) is 17.5. The van der Waals surface area contributed by atoms with E-state index in [0.29, 0.717) is 35.2 Å². The number of allylic oxidation sites excluding steroid dienone is 1. The van der Waals surface area contributed by atoms with Crippen LogP contribution >= 0.6 is 0 Å². The van der Waals surface area contributed by atoms with Gasteiger partial charge in [0, 0.05) is 23.4 Å². The fourth-order valence-electron chi connectivity index (χ4n) is 3.41. The van der Waals surface area contributed by atoms with E-state index in [2.05, 4.69) is 22.0 Å². The molecular weight excluding hydrogens is 394 g/mol. The molecule has 0 unspecified atom stereocenters. The van der Waals surface area contributed by atoms with Crippen molar-refractivity contribution in [2.75, 3.05) is 0 Å². The van der Waals surface area contributed by atoms with Crippen LogP contribution in [0.4, 0.5) is 0 Å². The monoisotopic (exact) mass is 417 g/mol. The van der Waals surface area contributed by atoms with Gasteiger partial charge in [-0.2, -0.15) is 9.50 Å². The summed E-state index contributed by atoms with van der Waals surface area (Å²) in [5.41, 5.74) is 2.61. The first-order valence-corrected chi connectivity index (χ1v) is 9.94. The van der Waals surface area contributed by atoms with Crippen molar-refractivity contribution in [1.29, 1.82) is 0 Å². The summed E-state index contributed by atoms with van der Waals surface area (Å²) in [6.07, 6.45) is 3.19. The average Bonchev–Trinajstić information content (AvgIpc) is 3.43. The molecule has 0 aliphatic carbocycles. The van der Waals surface area contributed by atoms with Gasteiger partial charge in [-0.25, -0.2) is 0 Å². The van der Waals surface area contributed by atoms with Gasteiger partial charge in [0.15, 0.2) is 5.82 Å². The second-order valence-corrected chi connectivity index (χ2v) is 7.31. The number of rotatable bonds is 7. The van der Waals surface area contributed by atoms with Crippen LogP contribution in [0.5, 0.6) is 0 Å². The molecule has 0 fully saturated rings. The minimum absolute atomic E-state index is 0.0712. The molecule has 1 amide bonds. The Labute approximate surface area is 178 Å². The molecule has 4 aromatic rings. The maximum absolute atomic E-state index is 13.2. The third-order valence-electron chi connectivity index (χ3n) is 5.12. The highest BCUT2D eigenvalue weighted by Crippen LogP contribution is 2.18. The van der Waals surface area contributed by atoms with Gasteiger partial charge in [0.1, 0.15) is 5.76 Å². The summed E-state index contributed by atoms with van der Waals surface area (Å²) < 4.78 is 8.33. The Balaban J connectivity index is 1.73. The highest BCUT2D eigenvalue weighted by Gasteiger charge is 2.20. The number of nitrogens with one attached hydrogen (secondary N) is 1. The molecule has 4 rings (SSSR count). The average molecular weight is 417 g/mol. The lowest BCUT2D eigenvalue weighted by Gasteiger charge is -2.13. The fourth-order valence-corrected chi connectivity index (χ4v) is 3.41. The molecule has 0 saturated heterocycles. The van der Waals surface area contributed by atoms with Crippen molar-refractivity contribution in [3.63, 3.8) is 0 Å². The maximum Gasteiger partial charge on any atom is 0.279 e. The number of nitrogens with zero attached hydrogens (tertiary/aromatic N) is 4. The predicted molar refractivity (Wildman–Crippen MR) is 117 cm³/mol. The lowest BCUT2D eigenvalue weighted by molar-refractivity contribution is -0.120. The van der Waals surface area contributed by atoms with E-state index in [-0.39, 0.29) is 24.4 Å². The van der Waals surface area contributed by atoms with Gasteiger partial charge >= 0.3 is 0 Å². The molecule has 0 bridgehead atoms. The van der Waals surface area contributed by atoms with Gasteiger partial charge in [0.05, 0.1) is 19.2 Å². The molecular formula is C23H23N5O3. The molecule has 8 nitrogen and oxygen atoms in total. The van der Waals surface area contributed by atoms with Crippen LogP contribution in [0.3, 0.4) is 0 Å². The molecule has 8 heteroatoms. The summed E-state index contributed by atoms with van der Waals surface area (Å²) in [7, 11) is 0. The highest BCUT2D eigenvalue weighted by molar-refractivity contribution is 5.78. The molecule has 0 aliphatic heterocycles. The van der Waals surface area contributed by atoms with Gasteiger partial charge in [0.25, 0.3) is 5.56 Å². The van der Waals surface area contributed by atoms with E-state index in [1.165, 1.54) is 4.52 Å². The first kappa shape index (κ1) is 20.3. The first-order valence-electron chi connectivity index (χ1n) is 9.94. The van der Waals surface area contributed by atoms with Gasteiger partial charge in [0.2, 0.25) is 11.7 Å². The van der Waals surface area contributed by atoms with Crippen LogP contribution < -0.4 is 10.9 Å². The van der Waals surface area contributed by atoms with Crippen LogP contribution in [-0.2, 0) is 24.3 Å². The number of furan rings is 1. The molecule has 3 heterocycles. The number of fused-ring (bicyclic) bond motifs is 1. The van der Waals surface area contributed by atoms with Crippen molar-refractivity contribution < 1.29 is 9.21 Å². The number of hydrogen-bond donors (Lipinski definition) is 1. The van der Waals surface area contributed by atoms with Crippen molar-refractivity contribution in [3.8, 4) is 11.4 Å². The summed E-state index contributed by atoms with van der Waals surface area (Å²) in [6, 6.07) is 11.3. The second kappa shape index (κ2) is 8.43. The maximum atomic E-state index is 13.2. The smallest absolute Gasteiger partial charge is 0.279 e. The number of aryl methyl sites for hydroxylation is 1. The third-order valence-corrected chi connectivity index (χ3v) is 5.12. The van der Waals surface area contributed by atoms with Gasteiger partial charge in [-0.1, -0.05) is 35.9 Å². The van der Waals surface area contributed by atoms with E-state index in [9.17, 15) is 9.59 Å². The predicted octanol–water partition coefficient (Wildman–Crippen LogP) is 2.81. The van der Waals surface area contributed by atoms with Crippen molar-refractivity contribution in [1.82, 2.24) is 24.5 Å². The van der Waals surface area contributed by atoms with E-state index in [0.717, 1.165) is 11.1 Å². The fraction of sp³-hybridized carbons (Fsp3) is 0.217. The Hall–Kier alpha value is -3.94. The normalized spacial score (nSPS) is 11.0. The number of benzene rings is 1. The molecule has 158 valence electrons. The minimum Gasteiger partial charge on any atom is -0.467 e. The van der Waals surface area contributed by atoms with Crippen molar-refractivity contribution >= 4 is 11.7 Å². The van der Waals surface area contributed by atoms with Crippen LogP contribution in [0.1, 0.15) is 22.6 Å². The molecule has 0 atom stereocenters. The van der Waals surface area contributed by atoms with Gasteiger partial charge in [-0.05, 0) is 26.0 Å². The van der Waals surface area contributed by atoms with E-state index < -0.39 is 0 Å². The minimum atomic E-state index is -0.355. The SMILES string of the molecule is C=CCn1c(C)c(CC(=O)NCc2ccco2)c(=O)n2nc(-c3ccc(C)cc3)nc12. The highest BCUT2D eigenvalue weighted by atomic mass is 16.3. The molecule has 0 spiro atoms. The summed E-state index contributed by atoms with van der Waals surface area (Å²) in [5.74, 6) is 1.23. The topological polar surface area (TPSA) is 94.4 Å². The molecule has 1 aromatic carbocycles. The lowest BCUT2D eigenvalue weighted by atomic mass is 10.1. The quantitative estimate of drug-likeness (QED) is 0.467. The summed E-state index contributed by atoms with van der Waals surface area (Å²) in [4.78, 5) is 30.3. The second-order valence-electron chi connectivity index (χ2n) is 7.31. The number of carbonyl (C=O) groups excluding carboxylic acids is 1. The number of hydrogen-bond acceptors (Lipinski definition) is 5. The van der Waals surface area contributed by atoms with E-state index in [1.54, 1.807) is 31.4 Å². The van der Waals surface area contributed by atoms with Crippen LogP contribution in [0.25, 0.3) is 17.2 Å². The van der Waals surface area contributed by atoms with Crippen molar-refractivity contribution in [2.24, 2.45) is 0 Å². The third kappa shape index (κ3) is 4.05. The first-order chi connectivity index (χ1) is 15.0. The van der Waals surface area contributed by atoms with E-state index >= 15 is 0 Å². The zero-order valence-electron chi connectivity index (χ0n) is 17.5. The molecule has 0 saturated carbocycles. The lowest BCUT2D eigenvalue weighted by Crippen LogP contribution is -2.31. The Morgan fingerprint density at radius 3 is 2.68 bits per heavy atom. The van der Waals surface area contributed by atoms with Crippen LogP contribution in [0.15, 0.2) is 64.5 Å². The molecule has 31 heavy (non-hydrogen) atoms. The van der Waals surface area contributed by atoms with Gasteiger partial charge < -0.3 is 14.3 Å². The number of aromatic nitrogens is 4. The largest absolute Gasteiger partial charge is 0.467 e. The Morgan fingerprint density at radius 2 is 2.00 bits per heavy atom. The molecule has 1 N–H and O–H groups in total. The standard InChI is InChI=1S/C23H23N5O3/c1-4-11-27-16(3)19(13-20(29)24-14-18-6-5-12-31-18)22(30)28-23(27)25-21(26-28)17-9-7-15(2)8-10-17/h4-10,12H,1,11,13-14H2,2-3H3,(H,24,29).